The van der Waals surface area contributed by atoms with E-state index in [1.165, 1.54) is 16.7 Å². The van der Waals surface area contributed by atoms with E-state index in [1.807, 2.05) is 24.3 Å². The van der Waals surface area contributed by atoms with Crippen molar-refractivity contribution in [3.05, 3.63) is 70.3 Å². The third-order valence-electron chi connectivity index (χ3n) is 5.50. The summed E-state index contributed by atoms with van der Waals surface area (Å²) < 4.78 is 6.06. The molecule has 4 rings (SSSR count). The molecule has 0 radical (unpaired) electrons. The van der Waals surface area contributed by atoms with Crippen LogP contribution in [0.1, 0.15) is 41.5 Å². The van der Waals surface area contributed by atoms with E-state index >= 15 is 0 Å². The molecular formula is C23H22N2O3. The number of carboxylic acids is 1. The molecule has 2 aromatic rings. The van der Waals surface area contributed by atoms with Crippen molar-refractivity contribution in [2.24, 2.45) is 0 Å². The summed E-state index contributed by atoms with van der Waals surface area (Å²) in [5.41, 5.74) is 6.45. The predicted molar refractivity (Wildman–Crippen MR) is 106 cm³/mol. The maximum Gasteiger partial charge on any atom is 0.304 e. The molecule has 2 aromatic carbocycles. The van der Waals surface area contributed by atoms with Crippen LogP contribution in [0.15, 0.2) is 48.0 Å². The van der Waals surface area contributed by atoms with Gasteiger partial charge < -0.3 is 14.7 Å². The van der Waals surface area contributed by atoms with Crippen LogP contribution in [0.4, 0.5) is 0 Å². The minimum atomic E-state index is -0.753. The van der Waals surface area contributed by atoms with Crippen LogP contribution < -0.4 is 4.74 Å². The first kappa shape index (κ1) is 18.3. The Morgan fingerprint density at radius 1 is 1.14 bits per heavy atom. The molecule has 1 saturated heterocycles. The van der Waals surface area contributed by atoms with E-state index in [4.69, 9.17) is 9.84 Å². The molecule has 0 unspecified atom stereocenters. The molecule has 1 fully saturated rings. The normalized spacial score (nSPS) is 16.4. The van der Waals surface area contributed by atoms with Crippen molar-refractivity contribution in [3.63, 3.8) is 0 Å². The van der Waals surface area contributed by atoms with Crippen LogP contribution in [0.2, 0.25) is 0 Å². The molecule has 0 amide bonds. The lowest BCUT2D eigenvalue weighted by Gasteiger charge is -2.30. The van der Waals surface area contributed by atoms with Gasteiger partial charge in [0.25, 0.3) is 0 Å². The predicted octanol–water partition coefficient (Wildman–Crippen LogP) is 3.82. The summed E-state index contributed by atoms with van der Waals surface area (Å²) in [6, 6.07) is 16.1. The Hall–Kier alpha value is -3.10. The van der Waals surface area contributed by atoms with Crippen LogP contribution in [0.3, 0.4) is 0 Å². The number of hydrogen-bond donors (Lipinski definition) is 1. The summed E-state index contributed by atoms with van der Waals surface area (Å²) in [4.78, 5) is 13.1. The van der Waals surface area contributed by atoms with Gasteiger partial charge in [-0.05, 0) is 47.7 Å². The largest absolute Gasteiger partial charge is 0.488 e. The van der Waals surface area contributed by atoms with Gasteiger partial charge >= 0.3 is 5.97 Å². The standard InChI is InChI=1S/C23H22N2O3/c24-14-16-5-6-21-20(13-16)23(19-4-2-1-3-18(19)15-28-21)17-7-10-25(11-8-17)12-9-22(26)27/h1-6,13H,7-12,15H2,(H,26,27). The third-order valence-corrected chi connectivity index (χ3v) is 5.50. The van der Waals surface area contributed by atoms with Crippen LogP contribution in [-0.4, -0.2) is 35.6 Å². The summed E-state index contributed by atoms with van der Waals surface area (Å²) in [6.07, 6.45) is 1.95. The van der Waals surface area contributed by atoms with E-state index in [0.29, 0.717) is 18.7 Å². The van der Waals surface area contributed by atoms with Gasteiger partial charge in [0.1, 0.15) is 12.4 Å². The van der Waals surface area contributed by atoms with E-state index < -0.39 is 5.97 Å². The zero-order valence-corrected chi connectivity index (χ0v) is 15.6. The zero-order chi connectivity index (χ0) is 19.5. The number of hydrogen-bond acceptors (Lipinski definition) is 4. The minimum Gasteiger partial charge on any atom is -0.488 e. The van der Waals surface area contributed by atoms with E-state index in [-0.39, 0.29) is 6.42 Å². The van der Waals surface area contributed by atoms with Crippen molar-refractivity contribution in [1.82, 2.24) is 4.90 Å². The molecule has 0 aromatic heterocycles. The molecule has 28 heavy (non-hydrogen) atoms. The second-order valence-corrected chi connectivity index (χ2v) is 7.23. The second kappa shape index (κ2) is 7.87. The van der Waals surface area contributed by atoms with Crippen LogP contribution in [0.25, 0.3) is 5.57 Å². The van der Waals surface area contributed by atoms with E-state index in [9.17, 15) is 10.1 Å². The Balaban J connectivity index is 1.75. The number of ether oxygens (including phenoxy) is 1. The van der Waals surface area contributed by atoms with E-state index in [1.54, 1.807) is 6.07 Å². The van der Waals surface area contributed by atoms with E-state index in [2.05, 4.69) is 23.1 Å². The van der Waals surface area contributed by atoms with Crippen LogP contribution in [0.5, 0.6) is 5.75 Å². The van der Waals surface area contributed by atoms with Crippen molar-refractivity contribution in [2.75, 3.05) is 19.6 Å². The number of carboxylic acid groups (broad SMARTS) is 1. The molecule has 142 valence electrons. The molecule has 0 atom stereocenters. The molecule has 0 aliphatic carbocycles. The van der Waals surface area contributed by atoms with Gasteiger partial charge in [0.15, 0.2) is 0 Å². The molecule has 2 aliphatic rings. The SMILES string of the molecule is N#Cc1ccc2c(c1)C(=C1CCN(CCC(=O)O)CC1)c1ccccc1CO2. The molecule has 5 heteroatoms. The molecule has 0 bridgehead atoms. The number of nitrogens with zero attached hydrogens (tertiary/aromatic N) is 2. The number of piperidine rings is 1. The highest BCUT2D eigenvalue weighted by Crippen LogP contribution is 2.41. The molecule has 2 aliphatic heterocycles. The maximum atomic E-state index is 10.9. The number of likely N-dealkylation sites (tertiary alicyclic amines) is 1. The average molecular weight is 374 g/mol. The molecule has 2 heterocycles. The van der Waals surface area contributed by atoms with Crippen LogP contribution >= 0.6 is 0 Å². The number of nitriles is 1. The quantitative estimate of drug-likeness (QED) is 0.884. The van der Waals surface area contributed by atoms with Crippen LogP contribution in [0, 0.1) is 11.3 Å². The van der Waals surface area contributed by atoms with Crippen LogP contribution in [-0.2, 0) is 11.4 Å². The monoisotopic (exact) mass is 374 g/mol. The highest BCUT2D eigenvalue weighted by molar-refractivity contribution is 5.87. The number of benzene rings is 2. The zero-order valence-electron chi connectivity index (χ0n) is 15.6. The van der Waals surface area contributed by atoms with Gasteiger partial charge in [-0.3, -0.25) is 4.79 Å². The molecule has 0 spiro atoms. The highest BCUT2D eigenvalue weighted by Gasteiger charge is 2.25. The average Bonchev–Trinajstić information content (AvgIpc) is 2.89. The Labute approximate surface area is 164 Å². The molecule has 1 N–H and O–H groups in total. The first-order valence-corrected chi connectivity index (χ1v) is 9.57. The fourth-order valence-electron chi connectivity index (χ4n) is 4.04. The first-order valence-electron chi connectivity index (χ1n) is 9.57. The molecule has 0 saturated carbocycles. The number of aliphatic carboxylic acids is 1. The van der Waals surface area contributed by atoms with Gasteiger partial charge in [-0.15, -0.1) is 0 Å². The number of carbonyl (C=O) groups is 1. The summed E-state index contributed by atoms with van der Waals surface area (Å²) in [5.74, 6) is 0.0583. The maximum absolute atomic E-state index is 10.9. The number of fused-ring (bicyclic) bond motifs is 2. The van der Waals surface area contributed by atoms with Gasteiger partial charge in [0, 0.05) is 25.2 Å². The van der Waals surface area contributed by atoms with Gasteiger partial charge in [0.05, 0.1) is 18.1 Å². The van der Waals surface area contributed by atoms with Crippen molar-refractivity contribution in [2.45, 2.75) is 25.9 Å². The lowest BCUT2D eigenvalue weighted by molar-refractivity contribution is -0.137. The van der Waals surface area contributed by atoms with Gasteiger partial charge in [0.2, 0.25) is 0 Å². The van der Waals surface area contributed by atoms with Crippen molar-refractivity contribution in [1.29, 1.82) is 5.26 Å². The Kier molecular flexibility index (Phi) is 5.14. The summed E-state index contributed by atoms with van der Waals surface area (Å²) in [7, 11) is 0. The first-order chi connectivity index (χ1) is 13.7. The highest BCUT2D eigenvalue weighted by atomic mass is 16.5. The second-order valence-electron chi connectivity index (χ2n) is 7.23. The fraction of sp³-hybridized carbons (Fsp3) is 0.304. The topological polar surface area (TPSA) is 73.6 Å². The third kappa shape index (κ3) is 3.64. The number of rotatable bonds is 3. The van der Waals surface area contributed by atoms with Gasteiger partial charge in [-0.25, -0.2) is 0 Å². The summed E-state index contributed by atoms with van der Waals surface area (Å²) >= 11 is 0. The minimum absolute atomic E-state index is 0.178. The lowest BCUT2D eigenvalue weighted by Crippen LogP contribution is -2.33. The van der Waals surface area contributed by atoms with Crippen molar-refractivity contribution in [3.8, 4) is 11.8 Å². The Morgan fingerprint density at radius 3 is 2.68 bits per heavy atom. The lowest BCUT2D eigenvalue weighted by atomic mass is 9.86. The van der Waals surface area contributed by atoms with Crippen molar-refractivity contribution >= 4 is 11.5 Å². The Bertz CT molecular complexity index is 978. The summed E-state index contributed by atoms with van der Waals surface area (Å²) in [6.45, 7) is 2.80. The Morgan fingerprint density at radius 2 is 1.93 bits per heavy atom. The van der Waals surface area contributed by atoms with E-state index in [0.717, 1.165) is 42.8 Å². The molecule has 5 nitrogen and oxygen atoms in total. The smallest absolute Gasteiger partial charge is 0.304 e. The van der Waals surface area contributed by atoms with Crippen molar-refractivity contribution < 1.29 is 14.6 Å². The van der Waals surface area contributed by atoms with Gasteiger partial charge in [-0.2, -0.15) is 5.26 Å². The summed E-state index contributed by atoms with van der Waals surface area (Å²) in [5, 5.41) is 18.3. The van der Waals surface area contributed by atoms with Gasteiger partial charge in [-0.1, -0.05) is 29.8 Å². The molecular weight excluding hydrogens is 352 g/mol. The fourth-order valence-corrected chi connectivity index (χ4v) is 4.04.